The van der Waals surface area contributed by atoms with E-state index in [9.17, 15) is 35.1 Å². The number of aliphatic carboxylic acids is 1. The molecule has 1 saturated heterocycles. The molecular weight excluding hydrogens is 480 g/mol. The highest BCUT2D eigenvalue weighted by molar-refractivity contribution is 9.10. The fourth-order valence-electron chi connectivity index (χ4n) is 3.56. The second-order valence-corrected chi connectivity index (χ2v) is 8.24. The van der Waals surface area contributed by atoms with E-state index in [1.165, 1.54) is 6.20 Å². The summed E-state index contributed by atoms with van der Waals surface area (Å²) in [6.45, 7) is 0.305. The van der Waals surface area contributed by atoms with Crippen LogP contribution in [0.5, 0.6) is 5.75 Å². The van der Waals surface area contributed by atoms with Crippen LogP contribution in [0.4, 0.5) is 0 Å². The molecule has 11 nitrogen and oxygen atoms in total. The van der Waals surface area contributed by atoms with Gasteiger partial charge in [-0.1, -0.05) is 15.9 Å². The second kappa shape index (κ2) is 9.10. The van der Waals surface area contributed by atoms with E-state index in [0.29, 0.717) is 15.4 Å². The summed E-state index contributed by atoms with van der Waals surface area (Å²) < 4.78 is 12.1. The summed E-state index contributed by atoms with van der Waals surface area (Å²) in [5.41, 5.74) is 0.651. The molecule has 1 aromatic heterocycles. The van der Waals surface area contributed by atoms with Gasteiger partial charge in [-0.3, -0.25) is 4.79 Å². The quantitative estimate of drug-likeness (QED) is 0.261. The number of benzene rings is 1. The van der Waals surface area contributed by atoms with Crippen LogP contribution in [0.15, 0.2) is 28.9 Å². The van der Waals surface area contributed by atoms with Gasteiger partial charge in [-0.15, -0.1) is 0 Å². The number of nitrogens with one attached hydrogen (secondary N) is 2. The van der Waals surface area contributed by atoms with Gasteiger partial charge in [0.1, 0.15) is 24.1 Å². The second-order valence-electron chi connectivity index (χ2n) is 7.32. The number of aromatic nitrogens is 1. The molecule has 0 unspecified atom stereocenters. The Morgan fingerprint density at radius 3 is 2.74 bits per heavy atom. The summed E-state index contributed by atoms with van der Waals surface area (Å²) in [5, 5.41) is 53.0. The minimum atomic E-state index is -2.45. The lowest BCUT2D eigenvalue weighted by molar-refractivity contribution is -0.284. The number of amides is 1. The van der Waals surface area contributed by atoms with Crippen LogP contribution < -0.4 is 10.1 Å². The number of aliphatic hydroxyl groups excluding tert-OH is 4. The van der Waals surface area contributed by atoms with Crippen LogP contribution in [0, 0.1) is 0 Å². The number of fused-ring (bicyclic) bond motifs is 1. The Balaban J connectivity index is 2.01. The van der Waals surface area contributed by atoms with Crippen LogP contribution >= 0.6 is 15.9 Å². The standard InChI is InChI=1S/C19H23BrN2O9/c1-8(24)22-15-12(25)5-19(18(28)29,31-17(15)16(27)13(26)7-23)30-14-6-21-11-3-2-9(20)4-10(11)14/h2-4,6,12-13,15-17,21,23,25-27H,5,7H2,1H3,(H,22,24)(H,28,29)/t12-,13+,15+,16-,17+,19+/m0/s1. The van der Waals surface area contributed by atoms with E-state index in [1.54, 1.807) is 18.2 Å². The maximum atomic E-state index is 12.2. The van der Waals surface area contributed by atoms with Gasteiger partial charge in [0.2, 0.25) is 5.91 Å². The smallest absolute Gasteiger partial charge is 0.377 e. The van der Waals surface area contributed by atoms with Gasteiger partial charge in [-0.25, -0.2) is 4.79 Å². The number of aliphatic hydroxyl groups is 4. The van der Waals surface area contributed by atoms with Gasteiger partial charge >= 0.3 is 11.8 Å². The van der Waals surface area contributed by atoms with Crippen LogP contribution in [0.3, 0.4) is 0 Å². The number of rotatable bonds is 7. The number of hydrogen-bond acceptors (Lipinski definition) is 8. The van der Waals surface area contributed by atoms with E-state index in [1.807, 2.05) is 0 Å². The third-order valence-electron chi connectivity index (χ3n) is 5.07. The summed E-state index contributed by atoms with van der Waals surface area (Å²) in [6.07, 6.45) is -5.85. The van der Waals surface area contributed by atoms with Crippen molar-refractivity contribution in [2.45, 2.75) is 49.6 Å². The van der Waals surface area contributed by atoms with E-state index in [-0.39, 0.29) is 5.75 Å². The highest BCUT2D eigenvalue weighted by Crippen LogP contribution is 2.37. The maximum absolute atomic E-state index is 12.2. The summed E-state index contributed by atoms with van der Waals surface area (Å²) in [6, 6.07) is 3.95. The van der Waals surface area contributed by atoms with E-state index >= 15 is 0 Å². The monoisotopic (exact) mass is 502 g/mol. The number of carboxylic acid groups (broad SMARTS) is 1. The number of carbonyl (C=O) groups excluding carboxylic acids is 1. The molecule has 1 aromatic carbocycles. The van der Waals surface area contributed by atoms with Gasteiger partial charge in [0.25, 0.3) is 0 Å². The van der Waals surface area contributed by atoms with Crippen molar-refractivity contribution in [3.05, 3.63) is 28.9 Å². The Hall–Kier alpha value is -2.22. The Labute approximate surface area is 184 Å². The molecule has 0 aliphatic carbocycles. The molecule has 1 fully saturated rings. The molecule has 0 bridgehead atoms. The minimum absolute atomic E-state index is 0.111. The number of H-pyrrole nitrogens is 1. The van der Waals surface area contributed by atoms with Gasteiger partial charge in [-0.05, 0) is 18.2 Å². The molecule has 31 heavy (non-hydrogen) atoms. The van der Waals surface area contributed by atoms with E-state index in [0.717, 1.165) is 6.92 Å². The van der Waals surface area contributed by atoms with Gasteiger partial charge in [0, 0.05) is 28.5 Å². The lowest BCUT2D eigenvalue weighted by Crippen LogP contribution is -2.68. The van der Waals surface area contributed by atoms with Crippen molar-refractivity contribution < 1.29 is 44.6 Å². The molecule has 1 amide bonds. The molecule has 7 N–H and O–H groups in total. The minimum Gasteiger partial charge on any atom is -0.476 e. The van der Waals surface area contributed by atoms with Crippen molar-refractivity contribution in [2.24, 2.45) is 0 Å². The molecule has 2 aromatic rings. The van der Waals surface area contributed by atoms with Crippen LogP contribution in [-0.4, -0.2) is 85.2 Å². The van der Waals surface area contributed by atoms with Crippen molar-refractivity contribution in [2.75, 3.05) is 6.61 Å². The molecule has 1 aliphatic rings. The van der Waals surface area contributed by atoms with Gasteiger partial charge in [-0.2, -0.15) is 0 Å². The van der Waals surface area contributed by atoms with E-state index in [4.69, 9.17) is 9.47 Å². The third-order valence-corrected chi connectivity index (χ3v) is 5.56. The highest BCUT2D eigenvalue weighted by atomic mass is 79.9. The average Bonchev–Trinajstić information content (AvgIpc) is 3.09. The fourth-order valence-corrected chi connectivity index (χ4v) is 3.92. The predicted octanol–water partition coefficient (Wildman–Crippen LogP) is -0.541. The zero-order valence-corrected chi connectivity index (χ0v) is 17.9. The Morgan fingerprint density at radius 2 is 2.13 bits per heavy atom. The zero-order chi connectivity index (χ0) is 22.9. The number of carbonyl (C=O) groups is 2. The topological polar surface area (TPSA) is 182 Å². The Kier molecular flexibility index (Phi) is 6.88. The summed E-state index contributed by atoms with van der Waals surface area (Å²) in [5.74, 6) is -4.51. The molecule has 0 radical (unpaired) electrons. The van der Waals surface area contributed by atoms with Gasteiger partial charge in [0.15, 0.2) is 0 Å². The molecule has 0 saturated carbocycles. The highest BCUT2D eigenvalue weighted by Gasteiger charge is 2.56. The normalized spacial score (nSPS) is 28.1. The number of halogens is 1. The summed E-state index contributed by atoms with van der Waals surface area (Å²) in [4.78, 5) is 26.7. The molecule has 3 rings (SSSR count). The Morgan fingerprint density at radius 1 is 1.42 bits per heavy atom. The van der Waals surface area contributed by atoms with Gasteiger partial charge in [0.05, 0.1) is 25.2 Å². The van der Waals surface area contributed by atoms with Crippen LogP contribution in [0.1, 0.15) is 13.3 Å². The largest absolute Gasteiger partial charge is 0.476 e. The summed E-state index contributed by atoms with van der Waals surface area (Å²) >= 11 is 3.33. The van der Waals surface area contributed by atoms with E-state index < -0.39 is 61.1 Å². The molecule has 12 heteroatoms. The first-order valence-corrected chi connectivity index (χ1v) is 10.2. The zero-order valence-electron chi connectivity index (χ0n) is 16.4. The number of ether oxygens (including phenoxy) is 2. The van der Waals surface area contributed by atoms with Crippen molar-refractivity contribution in [3.8, 4) is 5.75 Å². The lowest BCUT2D eigenvalue weighted by atomic mass is 9.88. The number of hydrogen-bond donors (Lipinski definition) is 7. The van der Waals surface area contributed by atoms with Crippen molar-refractivity contribution in [1.29, 1.82) is 0 Å². The van der Waals surface area contributed by atoms with Crippen molar-refractivity contribution >= 4 is 38.7 Å². The summed E-state index contributed by atoms with van der Waals surface area (Å²) in [7, 11) is 0. The molecule has 170 valence electrons. The van der Waals surface area contributed by atoms with E-state index in [2.05, 4.69) is 26.2 Å². The van der Waals surface area contributed by atoms with Crippen LogP contribution in [0.25, 0.3) is 10.9 Å². The lowest BCUT2D eigenvalue weighted by Gasteiger charge is -2.46. The first kappa shape index (κ1) is 23.4. The maximum Gasteiger partial charge on any atom is 0.377 e. The SMILES string of the molecule is CC(=O)N[C@H]1[C@H]([C@@H](O)[C@H](O)CO)O[C@@](Oc2c[nH]c3ccc(Br)cc23)(C(=O)O)C[C@@H]1O. The average molecular weight is 503 g/mol. The van der Waals surface area contributed by atoms with Crippen LogP contribution in [-0.2, 0) is 14.3 Å². The van der Waals surface area contributed by atoms with Crippen molar-refractivity contribution in [1.82, 2.24) is 10.3 Å². The molecule has 6 atom stereocenters. The molecule has 0 spiro atoms. The third kappa shape index (κ3) is 4.68. The Bertz CT molecular complexity index is 967. The fraction of sp³-hybridized carbons (Fsp3) is 0.474. The van der Waals surface area contributed by atoms with Gasteiger partial charge < -0.3 is 45.3 Å². The van der Waals surface area contributed by atoms with Crippen molar-refractivity contribution in [3.63, 3.8) is 0 Å². The number of carboxylic acids is 1. The number of aromatic amines is 1. The predicted molar refractivity (Wildman–Crippen MR) is 109 cm³/mol. The molecule has 2 heterocycles. The first-order valence-electron chi connectivity index (χ1n) is 9.37. The molecular formula is C19H23BrN2O9. The molecule has 1 aliphatic heterocycles. The van der Waals surface area contributed by atoms with Crippen LogP contribution in [0.2, 0.25) is 0 Å². The first-order chi connectivity index (χ1) is 14.6.